The summed E-state index contributed by atoms with van der Waals surface area (Å²) in [6.07, 6.45) is 0. The van der Waals surface area contributed by atoms with Gasteiger partial charge >= 0.3 is 0 Å². The van der Waals surface area contributed by atoms with Gasteiger partial charge in [-0.15, -0.1) is 0 Å². The van der Waals surface area contributed by atoms with Crippen molar-refractivity contribution in [3.8, 4) is 0 Å². The maximum absolute atomic E-state index is 11.2. The molecule has 1 aromatic carbocycles. The molecule has 19 heavy (non-hydrogen) atoms. The Kier molecular flexibility index (Phi) is 3.69. The number of nitro benzene ring substituents is 1. The molecule has 0 aliphatic carbocycles. The van der Waals surface area contributed by atoms with Crippen LogP contribution in [-0.4, -0.2) is 43.8 Å². The summed E-state index contributed by atoms with van der Waals surface area (Å²) in [4.78, 5) is 12.1. The van der Waals surface area contributed by atoms with Crippen molar-refractivity contribution in [1.82, 2.24) is 4.31 Å². The van der Waals surface area contributed by atoms with Crippen molar-refractivity contribution in [1.29, 1.82) is 0 Å². The Morgan fingerprint density at radius 3 is 2.37 bits per heavy atom. The normalized spacial score (nSPS) is 17.4. The molecule has 0 aromatic heterocycles. The Hall–Kier alpha value is -1.71. The van der Waals surface area contributed by atoms with Gasteiger partial charge in [0.25, 0.3) is 15.9 Å². The molecule has 8 nitrogen and oxygen atoms in total. The molecule has 104 valence electrons. The highest BCUT2D eigenvalue weighted by Crippen LogP contribution is 2.22. The highest BCUT2D eigenvalue weighted by atomic mass is 32.2. The van der Waals surface area contributed by atoms with E-state index in [4.69, 9.17) is 5.14 Å². The molecule has 0 atom stereocenters. The minimum absolute atomic E-state index is 0.0198. The average Bonchev–Trinajstić information content (AvgIpc) is 2.38. The average molecular weight is 286 g/mol. The Morgan fingerprint density at radius 1 is 1.21 bits per heavy atom. The summed E-state index contributed by atoms with van der Waals surface area (Å²) in [5.41, 5.74) is 0.731. The van der Waals surface area contributed by atoms with Gasteiger partial charge < -0.3 is 4.90 Å². The topological polar surface area (TPSA) is 110 Å². The summed E-state index contributed by atoms with van der Waals surface area (Å²) in [5, 5.41) is 15.8. The quantitative estimate of drug-likeness (QED) is 0.617. The van der Waals surface area contributed by atoms with Gasteiger partial charge in [-0.2, -0.15) is 12.7 Å². The van der Waals surface area contributed by atoms with E-state index in [1.807, 2.05) is 4.90 Å². The van der Waals surface area contributed by atoms with Crippen LogP contribution in [0.2, 0.25) is 0 Å². The predicted octanol–water partition coefficient (Wildman–Crippen LogP) is -0.0797. The number of piperazine rings is 1. The maximum Gasteiger partial charge on any atom is 0.277 e. The SMILES string of the molecule is NS(=O)(=O)N1CCN(c2cccc([N+](=O)[O-])c2)CC1. The smallest absolute Gasteiger partial charge is 0.277 e. The Balaban J connectivity index is 2.10. The second kappa shape index (κ2) is 5.11. The van der Waals surface area contributed by atoms with Crippen molar-refractivity contribution in [2.45, 2.75) is 0 Å². The fraction of sp³-hybridized carbons (Fsp3) is 0.400. The number of anilines is 1. The molecule has 1 aliphatic heterocycles. The summed E-state index contributed by atoms with van der Waals surface area (Å²) in [5.74, 6) is 0. The maximum atomic E-state index is 11.2. The van der Waals surface area contributed by atoms with Crippen LogP contribution in [0.5, 0.6) is 0 Å². The monoisotopic (exact) mass is 286 g/mol. The fourth-order valence-electron chi connectivity index (χ4n) is 2.00. The molecule has 0 amide bonds. The number of hydrogen-bond acceptors (Lipinski definition) is 5. The van der Waals surface area contributed by atoms with Gasteiger partial charge in [-0.25, -0.2) is 5.14 Å². The second-order valence-electron chi connectivity index (χ2n) is 4.21. The number of hydrogen-bond donors (Lipinski definition) is 1. The van der Waals surface area contributed by atoms with E-state index in [-0.39, 0.29) is 18.8 Å². The number of nitro groups is 1. The Labute approximate surface area is 110 Å². The highest BCUT2D eigenvalue weighted by molar-refractivity contribution is 7.86. The molecule has 1 fully saturated rings. The molecular formula is C10H14N4O4S. The third-order valence-corrected chi connectivity index (χ3v) is 4.09. The van der Waals surface area contributed by atoms with E-state index in [0.29, 0.717) is 18.8 Å². The first-order valence-electron chi connectivity index (χ1n) is 5.65. The lowest BCUT2D eigenvalue weighted by Gasteiger charge is -2.34. The van der Waals surface area contributed by atoms with Gasteiger partial charge in [-0.3, -0.25) is 10.1 Å². The van der Waals surface area contributed by atoms with Gasteiger partial charge in [0.1, 0.15) is 0 Å². The lowest BCUT2D eigenvalue weighted by atomic mass is 10.2. The van der Waals surface area contributed by atoms with Gasteiger partial charge in [0.15, 0.2) is 0 Å². The van der Waals surface area contributed by atoms with Crippen molar-refractivity contribution < 1.29 is 13.3 Å². The molecule has 9 heteroatoms. The first-order valence-corrected chi connectivity index (χ1v) is 7.15. The molecule has 1 aromatic rings. The first kappa shape index (κ1) is 13.7. The zero-order chi connectivity index (χ0) is 14.0. The third kappa shape index (κ3) is 3.19. The predicted molar refractivity (Wildman–Crippen MR) is 70.0 cm³/mol. The second-order valence-corrected chi connectivity index (χ2v) is 5.75. The lowest BCUT2D eigenvalue weighted by molar-refractivity contribution is -0.384. The summed E-state index contributed by atoms with van der Waals surface area (Å²) in [6, 6.07) is 6.27. The van der Waals surface area contributed by atoms with Crippen LogP contribution < -0.4 is 10.0 Å². The van der Waals surface area contributed by atoms with Crippen LogP contribution in [0.1, 0.15) is 0 Å². The van der Waals surface area contributed by atoms with Crippen LogP contribution >= 0.6 is 0 Å². The minimum atomic E-state index is -3.65. The molecule has 0 bridgehead atoms. The largest absolute Gasteiger partial charge is 0.369 e. The van der Waals surface area contributed by atoms with Crippen LogP contribution in [0.25, 0.3) is 0 Å². The Bertz CT molecular complexity index is 581. The van der Waals surface area contributed by atoms with Crippen molar-refractivity contribution in [3.63, 3.8) is 0 Å². The van der Waals surface area contributed by atoms with Gasteiger partial charge in [-0.1, -0.05) is 6.07 Å². The number of benzene rings is 1. The summed E-state index contributed by atoms with van der Waals surface area (Å²) >= 11 is 0. The van der Waals surface area contributed by atoms with E-state index in [0.717, 1.165) is 0 Å². The molecule has 2 rings (SSSR count). The molecule has 0 saturated carbocycles. The Morgan fingerprint density at radius 2 is 1.84 bits per heavy atom. The summed E-state index contributed by atoms with van der Waals surface area (Å²) in [6.45, 7) is 1.47. The van der Waals surface area contributed by atoms with Crippen LogP contribution in [0, 0.1) is 10.1 Å². The molecule has 1 heterocycles. The fourth-order valence-corrected chi connectivity index (χ4v) is 2.68. The molecule has 1 saturated heterocycles. The summed E-state index contributed by atoms with van der Waals surface area (Å²) < 4.78 is 23.5. The van der Waals surface area contributed by atoms with Crippen molar-refractivity contribution >= 4 is 21.6 Å². The van der Waals surface area contributed by atoms with E-state index < -0.39 is 15.1 Å². The van der Waals surface area contributed by atoms with Gasteiger partial charge in [0, 0.05) is 44.0 Å². The molecule has 0 unspecified atom stereocenters. The van der Waals surface area contributed by atoms with E-state index in [2.05, 4.69) is 0 Å². The number of nitrogens with zero attached hydrogens (tertiary/aromatic N) is 3. The van der Waals surface area contributed by atoms with Gasteiger partial charge in [-0.05, 0) is 6.07 Å². The van der Waals surface area contributed by atoms with E-state index >= 15 is 0 Å². The van der Waals surface area contributed by atoms with E-state index in [1.54, 1.807) is 12.1 Å². The van der Waals surface area contributed by atoms with E-state index in [9.17, 15) is 18.5 Å². The molecule has 1 aliphatic rings. The first-order chi connectivity index (χ1) is 8.88. The molecule has 0 radical (unpaired) electrons. The molecular weight excluding hydrogens is 272 g/mol. The van der Waals surface area contributed by atoms with Gasteiger partial charge in [0.05, 0.1) is 4.92 Å². The lowest BCUT2D eigenvalue weighted by Crippen LogP contribution is -2.50. The van der Waals surface area contributed by atoms with Crippen molar-refractivity contribution in [2.24, 2.45) is 5.14 Å². The van der Waals surface area contributed by atoms with Gasteiger partial charge in [0.2, 0.25) is 0 Å². The van der Waals surface area contributed by atoms with Crippen LogP contribution in [-0.2, 0) is 10.2 Å². The van der Waals surface area contributed by atoms with Crippen LogP contribution in [0.15, 0.2) is 24.3 Å². The van der Waals surface area contributed by atoms with Crippen molar-refractivity contribution in [3.05, 3.63) is 34.4 Å². The van der Waals surface area contributed by atoms with Crippen LogP contribution in [0.3, 0.4) is 0 Å². The highest BCUT2D eigenvalue weighted by Gasteiger charge is 2.24. The van der Waals surface area contributed by atoms with Crippen molar-refractivity contribution in [2.75, 3.05) is 31.1 Å². The number of nitrogens with two attached hydrogens (primary N) is 1. The number of non-ortho nitro benzene ring substituents is 1. The minimum Gasteiger partial charge on any atom is -0.369 e. The third-order valence-electron chi connectivity index (χ3n) is 3.00. The standard InChI is InChI=1S/C10H14N4O4S/c11-19(17,18)13-6-4-12(5-7-13)9-2-1-3-10(8-9)14(15)16/h1-3,8H,4-7H2,(H2,11,17,18). The van der Waals surface area contributed by atoms with Crippen LogP contribution in [0.4, 0.5) is 11.4 Å². The number of rotatable bonds is 3. The molecule has 0 spiro atoms. The zero-order valence-corrected chi connectivity index (χ0v) is 10.9. The summed E-state index contributed by atoms with van der Waals surface area (Å²) in [7, 11) is -3.65. The van der Waals surface area contributed by atoms with E-state index in [1.165, 1.54) is 16.4 Å². The molecule has 2 N–H and O–H groups in total. The zero-order valence-electron chi connectivity index (χ0n) is 10.1.